The average Bonchev–Trinajstić information content (AvgIpc) is 2.46. The number of allylic oxidation sites excluding steroid dienone is 1. The fraction of sp³-hybridized carbons (Fsp3) is 0.556. The first-order valence-electron chi connectivity index (χ1n) is 7.87. The standard InChI is InChI=1S/C18H24F2S/c1-13(2)21-16-10-8-15(9-11-16)17(18(19)20)12-14-6-4-3-5-7-14/h8-11,13-14H,3-7,12H2,1-2H3. The zero-order chi connectivity index (χ0) is 15.2. The van der Waals surface area contributed by atoms with Crippen molar-refractivity contribution in [2.45, 2.75) is 62.5 Å². The van der Waals surface area contributed by atoms with Gasteiger partial charge in [-0.1, -0.05) is 58.1 Å². The van der Waals surface area contributed by atoms with Crippen molar-refractivity contribution in [3.8, 4) is 0 Å². The molecule has 2 rings (SSSR count). The van der Waals surface area contributed by atoms with Crippen LogP contribution in [0, 0.1) is 5.92 Å². The van der Waals surface area contributed by atoms with Crippen molar-refractivity contribution < 1.29 is 8.78 Å². The molecule has 0 heterocycles. The Bertz CT molecular complexity index is 466. The van der Waals surface area contributed by atoms with E-state index in [1.54, 1.807) is 11.8 Å². The first-order chi connectivity index (χ1) is 10.1. The summed E-state index contributed by atoms with van der Waals surface area (Å²) in [7, 11) is 0. The fourth-order valence-electron chi connectivity index (χ4n) is 2.99. The summed E-state index contributed by atoms with van der Waals surface area (Å²) >= 11 is 1.76. The minimum Gasteiger partial charge on any atom is -0.173 e. The lowest BCUT2D eigenvalue weighted by atomic mass is 9.83. The molecule has 1 aliphatic carbocycles. The summed E-state index contributed by atoms with van der Waals surface area (Å²) in [5, 5.41) is 0.506. The molecule has 0 unspecified atom stereocenters. The van der Waals surface area contributed by atoms with Gasteiger partial charge in [-0.2, -0.15) is 8.78 Å². The summed E-state index contributed by atoms with van der Waals surface area (Å²) in [5.41, 5.74) is 0.941. The highest BCUT2D eigenvalue weighted by Gasteiger charge is 2.19. The molecular formula is C18H24F2S. The monoisotopic (exact) mass is 310 g/mol. The van der Waals surface area contributed by atoms with Crippen LogP contribution in [0.5, 0.6) is 0 Å². The van der Waals surface area contributed by atoms with Gasteiger partial charge < -0.3 is 0 Å². The van der Waals surface area contributed by atoms with Crippen LogP contribution in [0.3, 0.4) is 0 Å². The lowest BCUT2D eigenvalue weighted by molar-refractivity contribution is 0.357. The van der Waals surface area contributed by atoms with Crippen LogP contribution in [-0.4, -0.2) is 5.25 Å². The predicted octanol–water partition coefficient (Wildman–Crippen LogP) is 6.77. The molecule has 0 amide bonds. The zero-order valence-corrected chi connectivity index (χ0v) is 13.7. The van der Waals surface area contributed by atoms with Gasteiger partial charge in [0.15, 0.2) is 0 Å². The Kier molecular flexibility index (Phi) is 6.28. The molecule has 1 aromatic rings. The minimum atomic E-state index is -1.51. The Morgan fingerprint density at radius 1 is 1.10 bits per heavy atom. The predicted molar refractivity (Wildman–Crippen MR) is 87.8 cm³/mol. The van der Waals surface area contributed by atoms with Crippen LogP contribution >= 0.6 is 11.8 Å². The minimum absolute atomic E-state index is 0.253. The van der Waals surface area contributed by atoms with E-state index < -0.39 is 6.08 Å². The molecule has 1 aromatic carbocycles. The molecule has 0 bridgehead atoms. The highest BCUT2D eigenvalue weighted by atomic mass is 32.2. The van der Waals surface area contributed by atoms with Gasteiger partial charge in [0.2, 0.25) is 0 Å². The number of hydrogen-bond acceptors (Lipinski definition) is 1. The average molecular weight is 310 g/mol. The van der Waals surface area contributed by atoms with Gasteiger partial charge in [0.25, 0.3) is 6.08 Å². The van der Waals surface area contributed by atoms with Crippen LogP contribution < -0.4 is 0 Å². The first-order valence-corrected chi connectivity index (χ1v) is 8.75. The SMILES string of the molecule is CC(C)Sc1ccc(C(CC2CCCCC2)=C(F)F)cc1. The molecule has 0 nitrogen and oxygen atoms in total. The lowest BCUT2D eigenvalue weighted by Crippen LogP contribution is -2.07. The van der Waals surface area contributed by atoms with Gasteiger partial charge in [0.1, 0.15) is 0 Å². The second-order valence-electron chi connectivity index (χ2n) is 6.14. The molecule has 0 atom stereocenters. The van der Waals surface area contributed by atoms with Gasteiger partial charge in [-0.05, 0) is 30.0 Å². The maximum absolute atomic E-state index is 13.3. The zero-order valence-electron chi connectivity index (χ0n) is 12.9. The smallest absolute Gasteiger partial charge is 0.173 e. The maximum atomic E-state index is 13.3. The number of halogens is 2. The van der Waals surface area contributed by atoms with Crippen LogP contribution in [0.15, 0.2) is 35.2 Å². The van der Waals surface area contributed by atoms with E-state index in [1.807, 2.05) is 24.3 Å². The van der Waals surface area contributed by atoms with E-state index >= 15 is 0 Å². The van der Waals surface area contributed by atoms with Crippen molar-refractivity contribution in [1.29, 1.82) is 0 Å². The van der Waals surface area contributed by atoms with E-state index in [0.29, 0.717) is 23.2 Å². The molecule has 0 N–H and O–H groups in total. The topological polar surface area (TPSA) is 0 Å². The molecular weight excluding hydrogens is 286 g/mol. The van der Waals surface area contributed by atoms with E-state index in [2.05, 4.69) is 13.8 Å². The fourth-order valence-corrected chi connectivity index (χ4v) is 3.83. The molecule has 116 valence electrons. The number of benzene rings is 1. The summed E-state index contributed by atoms with van der Waals surface area (Å²) in [6.07, 6.45) is 4.85. The van der Waals surface area contributed by atoms with Gasteiger partial charge >= 0.3 is 0 Å². The first kappa shape index (κ1) is 16.5. The Labute approximate surface area is 131 Å². The summed E-state index contributed by atoms with van der Waals surface area (Å²) in [5.74, 6) is 0.431. The third-order valence-corrected chi connectivity index (χ3v) is 5.04. The molecule has 21 heavy (non-hydrogen) atoms. The van der Waals surface area contributed by atoms with Gasteiger partial charge in [-0.3, -0.25) is 0 Å². The van der Waals surface area contributed by atoms with Crippen molar-refractivity contribution in [3.63, 3.8) is 0 Å². The van der Waals surface area contributed by atoms with Crippen LogP contribution in [0.4, 0.5) is 8.78 Å². The Hall–Kier alpha value is -0.830. The summed E-state index contributed by atoms with van der Waals surface area (Å²) in [6, 6.07) is 7.62. The highest BCUT2D eigenvalue weighted by molar-refractivity contribution is 7.99. The largest absolute Gasteiger partial charge is 0.274 e. The van der Waals surface area contributed by atoms with Gasteiger partial charge in [0, 0.05) is 15.7 Å². The summed E-state index contributed by atoms with van der Waals surface area (Å²) < 4.78 is 26.7. The van der Waals surface area contributed by atoms with Crippen molar-refractivity contribution in [3.05, 3.63) is 35.9 Å². The van der Waals surface area contributed by atoms with Crippen molar-refractivity contribution >= 4 is 17.3 Å². The van der Waals surface area contributed by atoms with Crippen molar-refractivity contribution in [2.24, 2.45) is 5.92 Å². The molecule has 0 saturated heterocycles. The van der Waals surface area contributed by atoms with Crippen LogP contribution in [0.1, 0.15) is 57.9 Å². The summed E-state index contributed by atoms with van der Waals surface area (Å²) in [6.45, 7) is 4.27. The van der Waals surface area contributed by atoms with Crippen LogP contribution in [-0.2, 0) is 0 Å². The second-order valence-corrected chi connectivity index (χ2v) is 7.79. The Morgan fingerprint density at radius 3 is 2.24 bits per heavy atom. The van der Waals surface area contributed by atoms with Gasteiger partial charge in [0.05, 0.1) is 0 Å². The third kappa shape index (κ3) is 5.14. The summed E-state index contributed by atoms with van der Waals surface area (Å²) in [4.78, 5) is 1.14. The van der Waals surface area contributed by atoms with Crippen LogP contribution in [0.25, 0.3) is 5.57 Å². The van der Waals surface area contributed by atoms with E-state index in [9.17, 15) is 8.78 Å². The Balaban J connectivity index is 2.09. The number of rotatable bonds is 5. The molecule has 0 aromatic heterocycles. The molecule has 0 spiro atoms. The number of hydrogen-bond donors (Lipinski definition) is 0. The lowest BCUT2D eigenvalue weighted by Gasteiger charge is -2.22. The molecule has 1 saturated carbocycles. The number of thioether (sulfide) groups is 1. The van der Waals surface area contributed by atoms with Crippen molar-refractivity contribution in [2.75, 3.05) is 0 Å². The van der Waals surface area contributed by atoms with Gasteiger partial charge in [-0.25, -0.2) is 0 Å². The van der Waals surface area contributed by atoms with E-state index in [0.717, 1.165) is 17.7 Å². The molecule has 0 radical (unpaired) electrons. The molecule has 1 fully saturated rings. The highest BCUT2D eigenvalue weighted by Crippen LogP contribution is 2.35. The van der Waals surface area contributed by atoms with E-state index in [4.69, 9.17) is 0 Å². The van der Waals surface area contributed by atoms with Crippen molar-refractivity contribution in [1.82, 2.24) is 0 Å². The van der Waals surface area contributed by atoms with Crippen LogP contribution in [0.2, 0.25) is 0 Å². The maximum Gasteiger partial charge on any atom is 0.274 e. The van der Waals surface area contributed by atoms with Gasteiger partial charge in [-0.15, -0.1) is 11.8 Å². The Morgan fingerprint density at radius 2 is 1.71 bits per heavy atom. The molecule has 0 aliphatic heterocycles. The normalized spacial score (nSPS) is 16.2. The molecule has 3 heteroatoms. The molecule has 1 aliphatic rings. The van der Waals surface area contributed by atoms with E-state index in [1.165, 1.54) is 19.3 Å². The second kappa shape index (κ2) is 7.98. The van der Waals surface area contributed by atoms with E-state index in [-0.39, 0.29) is 5.57 Å². The third-order valence-electron chi connectivity index (χ3n) is 4.02. The quantitative estimate of drug-likeness (QED) is 0.541.